The Morgan fingerprint density at radius 2 is 2.16 bits per heavy atom. The summed E-state index contributed by atoms with van der Waals surface area (Å²) in [7, 11) is -3.53. The lowest BCUT2D eigenvalue weighted by molar-refractivity contribution is 0.270. The van der Waals surface area contributed by atoms with Gasteiger partial charge in [-0.05, 0) is 37.3 Å². The molecule has 1 aliphatic rings. The van der Waals surface area contributed by atoms with Gasteiger partial charge in [-0.1, -0.05) is 13.8 Å². The summed E-state index contributed by atoms with van der Waals surface area (Å²) in [6.07, 6.45) is 4.25. The van der Waals surface area contributed by atoms with Crippen LogP contribution in [-0.4, -0.2) is 26.0 Å². The van der Waals surface area contributed by atoms with Crippen LogP contribution in [-0.2, 0) is 10.0 Å². The third-order valence-electron chi connectivity index (χ3n) is 3.29. The second-order valence-electron chi connectivity index (χ2n) is 5.18. The molecule has 1 heterocycles. The molecule has 2 rings (SSSR count). The van der Waals surface area contributed by atoms with Crippen molar-refractivity contribution in [1.29, 1.82) is 0 Å². The van der Waals surface area contributed by atoms with E-state index in [0.29, 0.717) is 11.6 Å². The molecule has 0 aliphatic heterocycles. The van der Waals surface area contributed by atoms with Gasteiger partial charge in [-0.25, -0.2) is 18.1 Å². The Kier molecular flexibility index (Phi) is 4.42. The maximum Gasteiger partial charge on any atom is 0.260 e. The molecule has 0 spiro atoms. The summed E-state index contributed by atoms with van der Waals surface area (Å²) in [5, 5.41) is 3.21. The van der Waals surface area contributed by atoms with Crippen LogP contribution in [0.5, 0.6) is 0 Å². The van der Waals surface area contributed by atoms with Crippen LogP contribution in [0.3, 0.4) is 0 Å². The van der Waals surface area contributed by atoms with Crippen LogP contribution in [0.25, 0.3) is 0 Å². The van der Waals surface area contributed by atoms with Gasteiger partial charge in [0, 0.05) is 18.8 Å². The normalized spacial score (nSPS) is 22.8. The van der Waals surface area contributed by atoms with E-state index in [1.54, 1.807) is 12.1 Å². The molecule has 106 valence electrons. The maximum absolute atomic E-state index is 12.3. The monoisotopic (exact) mass is 283 g/mol. The molecule has 19 heavy (non-hydrogen) atoms. The molecular weight excluding hydrogens is 262 g/mol. The quantitative estimate of drug-likeness (QED) is 0.837. The van der Waals surface area contributed by atoms with E-state index in [0.717, 1.165) is 25.8 Å². The number of nitrogens with zero attached hydrogens (tertiary/aromatic N) is 1. The summed E-state index contributed by atoms with van der Waals surface area (Å²) < 4.78 is 27.4. The van der Waals surface area contributed by atoms with Crippen LogP contribution < -0.4 is 10.0 Å². The molecule has 2 N–H and O–H groups in total. The molecule has 0 amide bonds. The van der Waals surface area contributed by atoms with Gasteiger partial charge in [-0.15, -0.1) is 0 Å². The van der Waals surface area contributed by atoms with Crippen LogP contribution >= 0.6 is 0 Å². The molecule has 6 heteroatoms. The Bertz CT molecular complexity index is 524. The smallest absolute Gasteiger partial charge is 0.260 e. The Labute approximate surface area is 114 Å². The highest BCUT2D eigenvalue weighted by molar-refractivity contribution is 7.89. The van der Waals surface area contributed by atoms with Crippen molar-refractivity contribution in [2.24, 2.45) is 5.92 Å². The first-order chi connectivity index (χ1) is 9.03. The minimum Gasteiger partial charge on any atom is -0.383 e. The van der Waals surface area contributed by atoms with Crippen molar-refractivity contribution in [1.82, 2.24) is 9.71 Å². The lowest BCUT2D eigenvalue weighted by Crippen LogP contribution is -2.43. The van der Waals surface area contributed by atoms with Crippen molar-refractivity contribution >= 4 is 15.7 Å². The Morgan fingerprint density at radius 3 is 2.79 bits per heavy atom. The molecule has 5 nitrogen and oxygen atoms in total. The number of anilines is 1. The molecule has 1 aliphatic carbocycles. The molecular formula is C13H21N3O2S. The van der Waals surface area contributed by atoms with Crippen LogP contribution in [0.15, 0.2) is 23.4 Å². The van der Waals surface area contributed by atoms with E-state index in [-0.39, 0.29) is 11.1 Å². The summed E-state index contributed by atoms with van der Waals surface area (Å²) >= 11 is 0. The highest BCUT2D eigenvalue weighted by atomic mass is 32.2. The van der Waals surface area contributed by atoms with Gasteiger partial charge in [-0.3, -0.25) is 0 Å². The van der Waals surface area contributed by atoms with Gasteiger partial charge < -0.3 is 5.32 Å². The van der Waals surface area contributed by atoms with E-state index in [1.807, 2.05) is 6.92 Å². The number of nitrogens with one attached hydrogen (secondary N) is 2. The Hall–Kier alpha value is -1.14. The van der Waals surface area contributed by atoms with Gasteiger partial charge in [0.15, 0.2) is 5.03 Å². The summed E-state index contributed by atoms with van der Waals surface area (Å²) in [5.41, 5.74) is 0.573. The fourth-order valence-corrected chi connectivity index (χ4v) is 3.65. The van der Waals surface area contributed by atoms with Crippen molar-refractivity contribution < 1.29 is 8.42 Å². The van der Waals surface area contributed by atoms with Crippen molar-refractivity contribution in [2.75, 3.05) is 11.9 Å². The van der Waals surface area contributed by atoms with Crippen molar-refractivity contribution in [3.05, 3.63) is 18.3 Å². The Morgan fingerprint density at radius 1 is 1.42 bits per heavy atom. The minimum atomic E-state index is -3.53. The average molecular weight is 283 g/mol. The molecule has 1 aromatic heterocycles. The fourth-order valence-electron chi connectivity index (χ4n) is 2.27. The molecule has 0 saturated heterocycles. The molecule has 1 saturated carbocycles. The number of pyridine rings is 1. The van der Waals surface area contributed by atoms with Gasteiger partial charge in [0.25, 0.3) is 10.0 Å². The topological polar surface area (TPSA) is 71.1 Å². The predicted molar refractivity (Wildman–Crippen MR) is 75.5 cm³/mol. The van der Waals surface area contributed by atoms with E-state index in [4.69, 9.17) is 0 Å². The lowest BCUT2D eigenvalue weighted by atomic mass is 9.83. The molecule has 0 aromatic carbocycles. The first kappa shape index (κ1) is 14.3. The van der Waals surface area contributed by atoms with Crippen molar-refractivity contribution in [3.63, 3.8) is 0 Å². The highest BCUT2D eigenvalue weighted by Crippen LogP contribution is 2.28. The van der Waals surface area contributed by atoms with Gasteiger partial charge in [0.2, 0.25) is 0 Å². The van der Waals surface area contributed by atoms with E-state index in [9.17, 15) is 8.42 Å². The molecule has 1 fully saturated rings. The number of rotatable bonds is 6. The first-order valence-corrected chi connectivity index (χ1v) is 8.22. The van der Waals surface area contributed by atoms with Crippen molar-refractivity contribution in [2.45, 2.75) is 44.2 Å². The molecule has 1 aromatic rings. The summed E-state index contributed by atoms with van der Waals surface area (Å²) in [6, 6.07) is 3.55. The SMILES string of the molecule is CCCNc1cccnc1S(=O)(=O)NC1CC(C)C1. The zero-order valence-corrected chi connectivity index (χ0v) is 12.2. The van der Waals surface area contributed by atoms with Crippen molar-refractivity contribution in [3.8, 4) is 0 Å². The second-order valence-corrected chi connectivity index (χ2v) is 6.81. The summed E-state index contributed by atoms with van der Waals surface area (Å²) in [6.45, 7) is 4.89. The Balaban J connectivity index is 2.15. The predicted octanol–water partition coefficient (Wildman–Crippen LogP) is 1.98. The zero-order chi connectivity index (χ0) is 13.9. The number of hydrogen-bond donors (Lipinski definition) is 2. The van der Waals surface area contributed by atoms with Gasteiger partial charge >= 0.3 is 0 Å². The zero-order valence-electron chi connectivity index (χ0n) is 11.4. The lowest BCUT2D eigenvalue weighted by Gasteiger charge is -2.32. The molecule has 0 atom stereocenters. The van der Waals surface area contributed by atoms with E-state index >= 15 is 0 Å². The summed E-state index contributed by atoms with van der Waals surface area (Å²) in [5.74, 6) is 0.606. The number of aromatic nitrogens is 1. The standard InChI is InChI=1S/C13H21N3O2S/c1-3-6-14-12-5-4-7-15-13(12)19(17,18)16-11-8-10(2)9-11/h4-5,7,10-11,14,16H,3,6,8-9H2,1-2H3. The van der Waals surface area contributed by atoms with Crippen LogP contribution in [0.4, 0.5) is 5.69 Å². The molecule has 0 radical (unpaired) electrons. The van der Waals surface area contributed by atoms with E-state index in [2.05, 4.69) is 21.9 Å². The van der Waals surface area contributed by atoms with Gasteiger partial charge in [0.05, 0.1) is 5.69 Å². The molecule has 0 unspecified atom stereocenters. The number of sulfonamides is 1. The van der Waals surface area contributed by atoms with Crippen LogP contribution in [0.2, 0.25) is 0 Å². The third kappa shape index (κ3) is 3.45. The van der Waals surface area contributed by atoms with E-state index < -0.39 is 10.0 Å². The first-order valence-electron chi connectivity index (χ1n) is 6.74. The fraction of sp³-hybridized carbons (Fsp3) is 0.615. The van der Waals surface area contributed by atoms with Crippen LogP contribution in [0, 0.1) is 5.92 Å². The van der Waals surface area contributed by atoms with E-state index in [1.165, 1.54) is 6.20 Å². The molecule has 0 bridgehead atoms. The average Bonchev–Trinajstić information content (AvgIpc) is 2.34. The maximum atomic E-state index is 12.3. The third-order valence-corrected chi connectivity index (χ3v) is 4.76. The number of hydrogen-bond acceptors (Lipinski definition) is 4. The minimum absolute atomic E-state index is 0.0565. The second kappa shape index (κ2) is 5.88. The van der Waals surface area contributed by atoms with Gasteiger partial charge in [-0.2, -0.15) is 0 Å². The van der Waals surface area contributed by atoms with Gasteiger partial charge in [0.1, 0.15) is 0 Å². The highest BCUT2D eigenvalue weighted by Gasteiger charge is 2.31. The largest absolute Gasteiger partial charge is 0.383 e. The summed E-state index contributed by atoms with van der Waals surface area (Å²) in [4.78, 5) is 4.02. The van der Waals surface area contributed by atoms with Crippen LogP contribution in [0.1, 0.15) is 33.1 Å².